The van der Waals surface area contributed by atoms with E-state index in [1.54, 1.807) is 48.7 Å². The highest BCUT2D eigenvalue weighted by atomic mass is 35.5. The molecule has 5 nitrogen and oxygen atoms in total. The molecule has 0 aliphatic carbocycles. The first-order valence-electron chi connectivity index (χ1n) is 9.49. The minimum Gasteiger partial charge on any atom is -0.307 e. The van der Waals surface area contributed by atoms with Gasteiger partial charge in [0.05, 0.1) is 16.4 Å². The summed E-state index contributed by atoms with van der Waals surface area (Å²) in [6.45, 7) is 1.88. The quantitative estimate of drug-likeness (QED) is 0.399. The lowest BCUT2D eigenvalue weighted by atomic mass is 10.1. The fourth-order valence-corrected chi connectivity index (χ4v) is 3.33. The Morgan fingerprint density at radius 1 is 1.03 bits per heavy atom. The van der Waals surface area contributed by atoms with Gasteiger partial charge in [0.25, 0.3) is 5.91 Å². The number of aromatic nitrogens is 3. The van der Waals surface area contributed by atoms with Crippen LogP contribution < -0.4 is 5.32 Å². The van der Waals surface area contributed by atoms with E-state index in [1.807, 2.05) is 13.0 Å². The molecule has 162 valence electrons. The Morgan fingerprint density at radius 2 is 1.75 bits per heavy atom. The third kappa shape index (κ3) is 4.50. The Labute approximate surface area is 186 Å². The van der Waals surface area contributed by atoms with Gasteiger partial charge in [0, 0.05) is 17.3 Å². The maximum Gasteiger partial charge on any atom is 0.435 e. The van der Waals surface area contributed by atoms with Crippen LogP contribution >= 0.6 is 11.6 Å². The maximum absolute atomic E-state index is 13.4. The number of anilines is 1. The Hall–Kier alpha value is -3.65. The number of amides is 1. The highest BCUT2D eigenvalue weighted by Gasteiger charge is 2.35. The van der Waals surface area contributed by atoms with Gasteiger partial charge in [-0.15, -0.1) is 0 Å². The van der Waals surface area contributed by atoms with Crippen LogP contribution in [0.25, 0.3) is 16.9 Å². The van der Waals surface area contributed by atoms with E-state index in [0.29, 0.717) is 22.6 Å². The van der Waals surface area contributed by atoms with Crippen LogP contribution in [0.1, 0.15) is 21.6 Å². The third-order valence-electron chi connectivity index (χ3n) is 4.68. The molecule has 0 fully saturated rings. The number of nitrogens with one attached hydrogen (secondary N) is 1. The number of nitrogens with zero attached hydrogens (tertiary/aromatic N) is 3. The minimum absolute atomic E-state index is 0.192. The Morgan fingerprint density at radius 3 is 2.41 bits per heavy atom. The standard InChI is InChI=1S/C23H16ClF3N4O/c1-14-10-11-28-21(12-14)29-22(32)16-8-6-15(7-9-16)19-13-20(23(25,26)27)30-31(19)18-5-3-2-4-17(18)24/h2-13H,1H3,(H,28,29,32). The fourth-order valence-electron chi connectivity index (χ4n) is 3.12. The topological polar surface area (TPSA) is 59.8 Å². The van der Waals surface area contributed by atoms with Crippen molar-refractivity contribution in [2.45, 2.75) is 13.1 Å². The van der Waals surface area contributed by atoms with Crippen LogP contribution in [0.4, 0.5) is 19.0 Å². The number of rotatable bonds is 4. The van der Waals surface area contributed by atoms with E-state index in [-0.39, 0.29) is 16.6 Å². The second-order valence-corrected chi connectivity index (χ2v) is 7.43. The van der Waals surface area contributed by atoms with Crippen molar-refractivity contribution in [3.63, 3.8) is 0 Å². The zero-order valence-corrected chi connectivity index (χ0v) is 17.4. The number of pyridine rings is 1. The summed E-state index contributed by atoms with van der Waals surface area (Å²) in [5.41, 5.74) is 1.18. The van der Waals surface area contributed by atoms with E-state index in [4.69, 9.17) is 11.6 Å². The number of carbonyl (C=O) groups is 1. The Bertz CT molecular complexity index is 1280. The number of para-hydroxylation sites is 1. The van der Waals surface area contributed by atoms with Gasteiger partial charge in [-0.3, -0.25) is 4.79 Å². The molecule has 4 aromatic rings. The van der Waals surface area contributed by atoms with Crippen LogP contribution in [-0.2, 0) is 6.18 Å². The first kappa shape index (κ1) is 21.6. The molecule has 0 radical (unpaired) electrons. The number of hydrogen-bond donors (Lipinski definition) is 1. The van der Waals surface area contributed by atoms with Crippen LogP contribution in [-0.4, -0.2) is 20.7 Å². The molecule has 0 bridgehead atoms. The van der Waals surface area contributed by atoms with Gasteiger partial charge in [0.1, 0.15) is 5.82 Å². The van der Waals surface area contributed by atoms with Crippen LogP contribution in [0.2, 0.25) is 5.02 Å². The average molecular weight is 457 g/mol. The molecule has 0 atom stereocenters. The van der Waals surface area contributed by atoms with Crippen molar-refractivity contribution in [1.29, 1.82) is 0 Å². The summed E-state index contributed by atoms with van der Waals surface area (Å²) in [6.07, 6.45) is -3.04. The lowest BCUT2D eigenvalue weighted by Crippen LogP contribution is -2.12. The first-order chi connectivity index (χ1) is 15.2. The Kier molecular flexibility index (Phi) is 5.71. The number of hydrogen-bond acceptors (Lipinski definition) is 3. The van der Waals surface area contributed by atoms with Gasteiger partial charge in [-0.25, -0.2) is 9.67 Å². The predicted octanol–water partition coefficient (Wildman–Crippen LogP) is 6.17. The number of alkyl halides is 3. The second kappa shape index (κ2) is 8.47. The van der Waals surface area contributed by atoms with Crippen LogP contribution in [0.5, 0.6) is 0 Å². The zero-order valence-electron chi connectivity index (χ0n) is 16.7. The lowest BCUT2D eigenvalue weighted by Gasteiger charge is -2.10. The van der Waals surface area contributed by atoms with Crippen molar-refractivity contribution in [2.24, 2.45) is 0 Å². The number of halogens is 4. The summed E-state index contributed by atoms with van der Waals surface area (Å²) in [7, 11) is 0. The summed E-state index contributed by atoms with van der Waals surface area (Å²) in [5, 5.41) is 6.68. The maximum atomic E-state index is 13.4. The number of aryl methyl sites for hydroxylation is 1. The van der Waals surface area contributed by atoms with Crippen molar-refractivity contribution in [3.8, 4) is 16.9 Å². The van der Waals surface area contributed by atoms with Crippen molar-refractivity contribution in [3.05, 3.63) is 94.8 Å². The van der Waals surface area contributed by atoms with Gasteiger partial charge in [-0.1, -0.05) is 35.9 Å². The van der Waals surface area contributed by atoms with E-state index >= 15 is 0 Å². The molecule has 32 heavy (non-hydrogen) atoms. The van der Waals surface area contributed by atoms with E-state index in [2.05, 4.69) is 15.4 Å². The molecule has 2 aromatic heterocycles. The molecule has 0 saturated heterocycles. The highest BCUT2D eigenvalue weighted by Crippen LogP contribution is 2.34. The monoisotopic (exact) mass is 456 g/mol. The molecule has 0 aliphatic rings. The molecule has 0 aliphatic heterocycles. The largest absolute Gasteiger partial charge is 0.435 e. The number of carbonyl (C=O) groups excluding carboxylic acids is 1. The predicted molar refractivity (Wildman–Crippen MR) is 116 cm³/mol. The molecular formula is C23H16ClF3N4O. The van der Waals surface area contributed by atoms with Gasteiger partial charge in [0.15, 0.2) is 5.69 Å². The van der Waals surface area contributed by atoms with Gasteiger partial charge >= 0.3 is 6.18 Å². The SMILES string of the molecule is Cc1ccnc(NC(=O)c2ccc(-c3cc(C(F)(F)F)nn3-c3ccccc3Cl)cc2)c1. The summed E-state index contributed by atoms with van der Waals surface area (Å²) >= 11 is 6.20. The molecule has 0 spiro atoms. The molecule has 1 amide bonds. The van der Waals surface area contributed by atoms with E-state index in [9.17, 15) is 18.0 Å². The van der Waals surface area contributed by atoms with Crippen molar-refractivity contribution < 1.29 is 18.0 Å². The molecule has 0 unspecified atom stereocenters. The fraction of sp³-hybridized carbons (Fsp3) is 0.0870. The highest BCUT2D eigenvalue weighted by molar-refractivity contribution is 6.32. The van der Waals surface area contributed by atoms with Crippen molar-refractivity contribution >= 4 is 23.3 Å². The molecular weight excluding hydrogens is 441 g/mol. The van der Waals surface area contributed by atoms with Crippen molar-refractivity contribution in [1.82, 2.24) is 14.8 Å². The summed E-state index contributed by atoms with van der Waals surface area (Å²) in [6, 6.07) is 17.1. The van der Waals surface area contributed by atoms with E-state index in [0.717, 1.165) is 16.3 Å². The summed E-state index contributed by atoms with van der Waals surface area (Å²) < 4.78 is 41.2. The average Bonchev–Trinajstić information content (AvgIpc) is 3.20. The first-order valence-corrected chi connectivity index (χ1v) is 9.87. The van der Waals surface area contributed by atoms with Crippen LogP contribution in [0.15, 0.2) is 72.9 Å². The van der Waals surface area contributed by atoms with Gasteiger partial charge in [-0.05, 0) is 55.0 Å². The molecule has 9 heteroatoms. The van der Waals surface area contributed by atoms with Gasteiger partial charge in [0.2, 0.25) is 0 Å². The number of benzene rings is 2. The smallest absolute Gasteiger partial charge is 0.307 e. The van der Waals surface area contributed by atoms with Crippen LogP contribution in [0.3, 0.4) is 0 Å². The summed E-state index contributed by atoms with van der Waals surface area (Å²) in [5.74, 6) is 0.0240. The van der Waals surface area contributed by atoms with E-state index < -0.39 is 11.9 Å². The second-order valence-electron chi connectivity index (χ2n) is 7.03. The normalized spacial score (nSPS) is 11.4. The molecule has 4 rings (SSSR count). The zero-order chi connectivity index (χ0) is 22.9. The van der Waals surface area contributed by atoms with Gasteiger partial charge in [-0.2, -0.15) is 18.3 Å². The van der Waals surface area contributed by atoms with Crippen molar-refractivity contribution in [2.75, 3.05) is 5.32 Å². The third-order valence-corrected chi connectivity index (χ3v) is 5.00. The van der Waals surface area contributed by atoms with E-state index in [1.165, 1.54) is 12.1 Å². The molecule has 2 aromatic carbocycles. The minimum atomic E-state index is -4.62. The molecule has 0 saturated carbocycles. The summed E-state index contributed by atoms with van der Waals surface area (Å²) in [4.78, 5) is 16.6. The van der Waals surface area contributed by atoms with Gasteiger partial charge < -0.3 is 5.32 Å². The van der Waals surface area contributed by atoms with Crippen LogP contribution in [0, 0.1) is 6.92 Å². The molecule has 2 heterocycles. The molecule has 1 N–H and O–H groups in total. The lowest BCUT2D eigenvalue weighted by molar-refractivity contribution is -0.141. The Balaban J connectivity index is 1.68.